The van der Waals surface area contributed by atoms with Crippen LogP contribution in [0, 0.1) is 39.4 Å². The molecule has 0 unspecified atom stereocenters. The van der Waals surface area contributed by atoms with E-state index in [1.165, 1.54) is 13.8 Å². The zero-order valence-corrected chi connectivity index (χ0v) is 58.0. The van der Waals surface area contributed by atoms with Gasteiger partial charge < -0.3 is 123 Å². The summed E-state index contributed by atoms with van der Waals surface area (Å²) in [6, 6.07) is 0. The second-order valence-corrected chi connectivity index (χ2v) is 32.0. The van der Waals surface area contributed by atoms with Crippen molar-refractivity contribution in [2.75, 3.05) is 33.5 Å². The van der Waals surface area contributed by atoms with Crippen molar-refractivity contribution in [1.29, 1.82) is 0 Å². The van der Waals surface area contributed by atoms with E-state index in [0.717, 1.165) is 12.7 Å². The van der Waals surface area contributed by atoms with Crippen molar-refractivity contribution in [3.05, 3.63) is 23.8 Å². The van der Waals surface area contributed by atoms with Gasteiger partial charge in [-0.3, -0.25) is 18.7 Å². The first-order chi connectivity index (χ1) is 46.0. The number of hydrogen-bond acceptors (Lipinski definition) is 33. The predicted molar refractivity (Wildman–Crippen MR) is 326 cm³/mol. The van der Waals surface area contributed by atoms with Crippen LogP contribution in [0.2, 0.25) is 0 Å². The van der Waals surface area contributed by atoms with E-state index in [1.807, 2.05) is 20.8 Å². The molecule has 1 spiro atoms. The Bertz CT molecular complexity index is 3150. The zero-order chi connectivity index (χ0) is 73.0. The number of cyclic esters (lactones) is 1. The smallest absolute Gasteiger partial charge is 0.397 e. The summed E-state index contributed by atoms with van der Waals surface area (Å²) in [4.78, 5) is 27.7. The SMILES string of the molecule is CO[C@@H]1[C@@H](O)[C@H](O[C@@H]2[C@@H](O)[C@H](O[C@H]3[C@H](O)[C@@H](O[C@@H]4O[C@H](CO)[C@H](O)[C@H](O)[C@H]4O)[C@H](O[C@H]4[C@H](O[C@H]5CC[C@]6(C)[C@@H]7CC[C@]89C(=O)O[C@@](C)(C/C=C/C(C)(C)O)[C@H]8[C@@H](OC(C)=O)C[C@@]9(C)C7=CC[C@H]6C5(C)C)OC[C@@H](OS(=O)(=O)O)[C@@H]4O)O[C@@H]3C)O[C@H](CO)[C@H]2O)O[C@H](COS(=O)(=O)O)[C@H]1O. The minimum atomic E-state index is -5.35. The highest BCUT2D eigenvalue weighted by molar-refractivity contribution is 7.81. The van der Waals surface area contributed by atoms with Gasteiger partial charge in [-0.1, -0.05) is 51.5 Å². The topological polar surface area (TPSA) is 524 Å². The van der Waals surface area contributed by atoms with Gasteiger partial charge in [-0.05, 0) is 88.9 Å². The van der Waals surface area contributed by atoms with Gasteiger partial charge in [0, 0.05) is 25.9 Å². The van der Waals surface area contributed by atoms with Crippen LogP contribution in [0.25, 0.3) is 0 Å². The standard InChI is InChI=1S/C62H98O35S2/c1-25-45(92-53-44(74)47(37(67)31(22-64)89-53)93-52-43(73)46(83-10)38(68)32(90-52)24-85-98(77,78)79)42(72)49(94-51-41(71)40(70)36(66)30(21-63)88-51)55(86-25)95-48-39(69)33(97-99(80,81)82)23-84-54(48)91-35-15-18-59(7)27-14-19-62-50(61(9,96-56(62)75)17-11-16-57(3,4)76)29(87-26(2)65)20-60(62,8)28(27)12-13-34(59)58(35,5)6/h11-12,16,25,27,29-55,63-64,66-74,76H,13-15,17-24H2,1-10H3,(H,77,78,79)(H,80,81,82)/b16-11+/t25-,27-,29+,30-,31-,32-,33-,34+,35+,36+,37-,38-,39+,40+,41-,42+,43-,44-,45-,46+,47+,48-,49-,50-,51+,52+,53+,54+,55+,59-,60+,61+,62-/m1/s1. The maximum Gasteiger partial charge on any atom is 0.397 e. The Kier molecular flexibility index (Phi) is 23.2. The molecule has 99 heavy (non-hydrogen) atoms. The number of hydrogen-bond donors (Lipinski definition) is 14. The number of aliphatic hydroxyl groups excluding tert-OH is 11. The van der Waals surface area contributed by atoms with E-state index in [1.54, 1.807) is 26.0 Å². The Labute approximate surface area is 572 Å². The molecule has 10 rings (SSSR count). The molecule has 0 aromatic carbocycles. The van der Waals surface area contributed by atoms with E-state index >= 15 is 0 Å². The van der Waals surface area contributed by atoms with Crippen molar-refractivity contribution in [3.8, 4) is 0 Å². The van der Waals surface area contributed by atoms with Gasteiger partial charge in [0.15, 0.2) is 31.5 Å². The average Bonchev–Trinajstić information content (AvgIpc) is 1.51. The number of methoxy groups -OCH3 is 1. The molecule has 33 atom stereocenters. The molecule has 37 heteroatoms. The molecule has 3 saturated carbocycles. The summed E-state index contributed by atoms with van der Waals surface area (Å²) in [7, 11) is -9.42. The molecule has 4 aliphatic carbocycles. The molecule has 0 aromatic rings. The summed E-state index contributed by atoms with van der Waals surface area (Å²) in [6.07, 6.45) is -39.5. The first kappa shape index (κ1) is 78.8. The molecular formula is C62H98O35S2. The highest BCUT2D eigenvalue weighted by atomic mass is 32.3. The van der Waals surface area contributed by atoms with Crippen LogP contribution in [0.15, 0.2) is 23.8 Å². The molecular weight excluding hydrogens is 1370 g/mol. The minimum absolute atomic E-state index is 0.0968. The quantitative estimate of drug-likeness (QED) is 0.0285. The van der Waals surface area contributed by atoms with Crippen LogP contribution in [-0.4, -0.2) is 304 Å². The molecule has 6 aliphatic heterocycles. The predicted octanol–water partition coefficient (Wildman–Crippen LogP) is -3.40. The van der Waals surface area contributed by atoms with Gasteiger partial charge in [-0.2, -0.15) is 16.8 Å². The fourth-order valence-electron chi connectivity index (χ4n) is 18.0. The third kappa shape index (κ3) is 15.0. The highest BCUT2D eigenvalue weighted by Crippen LogP contribution is 2.77. The third-order valence-electron chi connectivity index (χ3n) is 22.7. The van der Waals surface area contributed by atoms with Crippen molar-refractivity contribution in [2.24, 2.45) is 39.4 Å². The molecule has 0 aromatic heterocycles. The summed E-state index contributed by atoms with van der Waals surface area (Å²) in [6.45, 7) is 12.2. The fourth-order valence-corrected chi connectivity index (χ4v) is 18.8. The summed E-state index contributed by atoms with van der Waals surface area (Å²) >= 11 is 0. The molecule has 0 amide bonds. The summed E-state index contributed by atoms with van der Waals surface area (Å²) in [5, 5.41) is 134. The first-order valence-electron chi connectivity index (χ1n) is 33.2. The van der Waals surface area contributed by atoms with Crippen LogP contribution >= 0.6 is 0 Å². The number of ether oxygens (including phenoxy) is 13. The van der Waals surface area contributed by atoms with Gasteiger partial charge in [0.1, 0.15) is 122 Å². The molecule has 6 saturated heterocycles. The Hall–Kier alpha value is -2.76. The van der Waals surface area contributed by atoms with E-state index in [4.69, 9.17) is 65.8 Å². The number of aliphatic hydroxyl groups is 12. The fraction of sp³-hybridized carbons (Fsp3) is 0.903. The van der Waals surface area contributed by atoms with Crippen LogP contribution in [-0.2, 0) is 100 Å². The van der Waals surface area contributed by atoms with Crippen LogP contribution in [0.3, 0.4) is 0 Å². The number of rotatable bonds is 22. The molecule has 0 bridgehead atoms. The minimum Gasteiger partial charge on any atom is -0.462 e. The molecule has 10 aliphatic rings. The van der Waals surface area contributed by atoms with Gasteiger partial charge >= 0.3 is 32.7 Å². The Balaban J connectivity index is 0.926. The normalized spacial score (nSPS) is 48.7. The van der Waals surface area contributed by atoms with Crippen molar-refractivity contribution in [3.63, 3.8) is 0 Å². The lowest BCUT2D eigenvalue weighted by Crippen LogP contribution is -2.68. The molecule has 0 radical (unpaired) electrons. The van der Waals surface area contributed by atoms with E-state index < -0.39 is 252 Å². The largest absolute Gasteiger partial charge is 0.462 e. The van der Waals surface area contributed by atoms with Crippen LogP contribution < -0.4 is 0 Å². The van der Waals surface area contributed by atoms with Crippen molar-refractivity contribution in [1.82, 2.24) is 0 Å². The number of fused-ring (bicyclic) bond motifs is 4. The van der Waals surface area contributed by atoms with Gasteiger partial charge in [0.2, 0.25) is 0 Å². The molecule has 568 valence electrons. The third-order valence-corrected chi connectivity index (χ3v) is 23.7. The zero-order valence-electron chi connectivity index (χ0n) is 56.4. The van der Waals surface area contributed by atoms with E-state index in [2.05, 4.69) is 24.1 Å². The number of carbonyl (C=O) groups is 2. The average molecular weight is 1470 g/mol. The lowest BCUT2D eigenvalue weighted by atomic mass is 9.41. The molecule has 9 fully saturated rings. The van der Waals surface area contributed by atoms with Crippen molar-refractivity contribution in [2.45, 2.75) is 278 Å². The van der Waals surface area contributed by atoms with Gasteiger partial charge in [0.25, 0.3) is 0 Å². The van der Waals surface area contributed by atoms with E-state index in [0.29, 0.717) is 38.5 Å². The first-order valence-corrected chi connectivity index (χ1v) is 35.9. The maximum absolute atomic E-state index is 14.8. The summed E-state index contributed by atoms with van der Waals surface area (Å²) < 4.78 is 155. The lowest BCUT2D eigenvalue weighted by Gasteiger charge is -2.64. The molecule has 35 nitrogen and oxygen atoms in total. The number of carbonyl (C=O) groups excluding carboxylic acids is 2. The highest BCUT2D eigenvalue weighted by Gasteiger charge is 2.79. The van der Waals surface area contributed by atoms with Crippen LogP contribution in [0.4, 0.5) is 0 Å². The van der Waals surface area contributed by atoms with E-state index in [9.17, 15) is 96.8 Å². The lowest BCUT2D eigenvalue weighted by molar-refractivity contribution is -0.406. The number of esters is 2. The summed E-state index contributed by atoms with van der Waals surface area (Å²) in [5.74, 6) is -1.67. The van der Waals surface area contributed by atoms with Gasteiger partial charge in [-0.25, -0.2) is 8.37 Å². The monoisotopic (exact) mass is 1470 g/mol. The van der Waals surface area contributed by atoms with Crippen LogP contribution in [0.5, 0.6) is 0 Å². The second-order valence-electron chi connectivity index (χ2n) is 29.8. The second kappa shape index (κ2) is 29.2. The van der Waals surface area contributed by atoms with Crippen molar-refractivity contribution >= 4 is 32.7 Å². The van der Waals surface area contributed by atoms with Crippen molar-refractivity contribution < 1.29 is 167 Å². The molecule has 14 N–H and O–H groups in total. The molecule has 6 heterocycles. The van der Waals surface area contributed by atoms with E-state index in [-0.39, 0.29) is 24.2 Å². The van der Waals surface area contributed by atoms with Gasteiger partial charge in [-0.15, -0.1) is 0 Å². The summed E-state index contributed by atoms with van der Waals surface area (Å²) in [5.41, 5.74) is -4.32. The van der Waals surface area contributed by atoms with Crippen LogP contribution in [0.1, 0.15) is 107 Å². The number of allylic oxidation sites excluding steroid dienone is 2. The Morgan fingerprint density at radius 2 is 1.24 bits per heavy atom. The van der Waals surface area contributed by atoms with Gasteiger partial charge in [0.05, 0.1) is 55.6 Å². The maximum atomic E-state index is 14.8. The Morgan fingerprint density at radius 3 is 1.85 bits per heavy atom. The Morgan fingerprint density at radius 1 is 0.667 bits per heavy atom.